The van der Waals surface area contributed by atoms with Gasteiger partial charge in [0.25, 0.3) is 5.91 Å². The molecule has 6 N–H and O–H groups in total. The number of nitrogens with two attached hydrogens (primary N) is 1. The van der Waals surface area contributed by atoms with Gasteiger partial charge in [0, 0.05) is 30.3 Å². The van der Waals surface area contributed by atoms with E-state index in [1.54, 1.807) is 36.4 Å². The number of carbonyl (C=O) groups excluding carboxylic acids is 1. The van der Waals surface area contributed by atoms with Crippen LogP contribution in [0.5, 0.6) is 11.5 Å². The summed E-state index contributed by atoms with van der Waals surface area (Å²) in [6, 6.07) is 30.4. The molecule has 4 fully saturated rings. The van der Waals surface area contributed by atoms with Crippen molar-refractivity contribution < 1.29 is 60.7 Å². The normalized spacial score (nSPS) is 17.1. The minimum Gasteiger partial charge on any atom is -0.489 e. The molecule has 0 spiro atoms. The number of aliphatic carboxylic acids is 1. The van der Waals surface area contributed by atoms with Crippen LogP contribution >= 0.6 is 23.2 Å². The zero-order valence-electron chi connectivity index (χ0n) is 43.0. The molecule has 2 heterocycles. The first-order valence-electron chi connectivity index (χ1n) is 26.3. The van der Waals surface area contributed by atoms with E-state index in [1.807, 2.05) is 17.0 Å². The Morgan fingerprint density at radius 2 is 0.938 bits per heavy atom. The average molecular weight is 1150 g/mol. The Kier molecular flexibility index (Phi) is 21.1. The maximum atomic E-state index is 15.3. The molecule has 0 unspecified atom stereocenters. The highest BCUT2D eigenvalue weighted by Crippen LogP contribution is 2.37. The summed E-state index contributed by atoms with van der Waals surface area (Å²) in [6.45, 7) is 4.61. The van der Waals surface area contributed by atoms with Gasteiger partial charge in [-0.05, 0) is 159 Å². The van der Waals surface area contributed by atoms with Crippen molar-refractivity contribution in [3.63, 3.8) is 0 Å². The van der Waals surface area contributed by atoms with Crippen molar-refractivity contribution in [3.05, 3.63) is 177 Å². The number of nitrogens with one attached hydrogen (secondary N) is 1. The number of aliphatic hydroxyl groups excluding tert-OH is 2. The fourth-order valence-electron chi connectivity index (χ4n) is 9.18. The summed E-state index contributed by atoms with van der Waals surface area (Å²) in [4.78, 5) is 27.7. The summed E-state index contributed by atoms with van der Waals surface area (Å²) in [7, 11) is 0. The van der Waals surface area contributed by atoms with Crippen LogP contribution in [0, 0.1) is 11.6 Å². The van der Waals surface area contributed by atoms with Gasteiger partial charge in [0.1, 0.15) is 29.2 Å². The van der Waals surface area contributed by atoms with Gasteiger partial charge in [0.05, 0.1) is 34.4 Å². The molecule has 0 radical (unpaired) electrons. The van der Waals surface area contributed by atoms with Gasteiger partial charge in [-0.1, -0.05) is 116 Å². The highest BCUT2D eigenvalue weighted by Gasteiger charge is 2.43. The van der Waals surface area contributed by atoms with Crippen LogP contribution in [0.25, 0.3) is 22.3 Å². The quantitative estimate of drug-likeness (QED) is 0.0495. The lowest BCUT2D eigenvalue weighted by atomic mass is 9.99. The number of halogens is 8. The minimum atomic E-state index is -3.92. The Hall–Kier alpha value is -6.18. The molecule has 2 aliphatic carbocycles. The molecule has 6 aromatic carbocycles. The van der Waals surface area contributed by atoms with Crippen LogP contribution in [0.2, 0.25) is 10.0 Å². The van der Waals surface area contributed by atoms with Crippen molar-refractivity contribution in [2.45, 2.75) is 107 Å². The molecule has 4 atom stereocenters. The number of nitrogens with zero attached hydrogens (tertiary/aromatic N) is 2. The highest BCUT2D eigenvalue weighted by atomic mass is 35.5. The molecule has 2 aliphatic heterocycles. The van der Waals surface area contributed by atoms with E-state index in [0.717, 1.165) is 88.9 Å². The van der Waals surface area contributed by atoms with Gasteiger partial charge in [-0.2, -0.15) is 17.6 Å². The van der Waals surface area contributed by atoms with Gasteiger partial charge in [0.2, 0.25) is 0 Å². The molecule has 80 heavy (non-hydrogen) atoms. The molecule has 0 aromatic heterocycles. The van der Waals surface area contributed by atoms with Gasteiger partial charge >= 0.3 is 17.8 Å². The number of hydrogen-bond donors (Lipinski definition) is 5. The van der Waals surface area contributed by atoms with Gasteiger partial charge < -0.3 is 45.6 Å². The first-order valence-corrected chi connectivity index (χ1v) is 27.0. The second-order valence-corrected chi connectivity index (χ2v) is 21.1. The van der Waals surface area contributed by atoms with Gasteiger partial charge in [-0.25, -0.2) is 13.6 Å². The van der Waals surface area contributed by atoms with Gasteiger partial charge in [-0.3, -0.25) is 4.79 Å². The van der Waals surface area contributed by atoms with E-state index in [2.05, 4.69) is 10.2 Å². The largest absolute Gasteiger partial charge is 0.489 e. The van der Waals surface area contributed by atoms with E-state index in [-0.39, 0.29) is 26.1 Å². The summed E-state index contributed by atoms with van der Waals surface area (Å²) in [6.07, 6.45) is 7.01. The van der Waals surface area contributed by atoms with Crippen molar-refractivity contribution in [1.82, 2.24) is 15.1 Å². The smallest absolute Gasteiger partial charge is 0.379 e. The first-order chi connectivity index (χ1) is 37.7. The number of aliphatic hydroxyl groups is 2. The lowest BCUT2D eigenvalue weighted by Crippen LogP contribution is -2.50. The number of benzene rings is 6. The third-order valence-electron chi connectivity index (χ3n) is 14.1. The summed E-state index contributed by atoms with van der Waals surface area (Å²) in [5.41, 5.74) is 8.77. The maximum absolute atomic E-state index is 15.3. The summed E-state index contributed by atoms with van der Waals surface area (Å²) >= 11 is 12.6. The number of hydrogen-bond acceptors (Lipinski definition) is 9. The number of rotatable bonds is 19. The van der Waals surface area contributed by atoms with E-state index >= 15 is 8.78 Å². The Bertz CT molecular complexity index is 2980. The predicted octanol–water partition coefficient (Wildman–Crippen LogP) is 12.7. The van der Waals surface area contributed by atoms with Crippen LogP contribution < -0.4 is 20.5 Å². The molecule has 2 saturated heterocycles. The average Bonchev–Trinajstić information content (AvgIpc) is 4.36. The molecule has 10 rings (SSSR count). The number of carboxylic acids is 1. The number of carbonyl (C=O) groups is 2. The standard InChI is InChI=1S/C30H30ClF3N2O3.C16H23ClN2O2.C14H9F3O2.CH4/c31-25-17-21(7-14-27(25)39-24-12-13-24)28(37)26(18-36-15-1-2-16-36)35-29(38)30(33,34)22-8-3-19(4-9-22)20-5-10-23(32)11-6-20;17-13-9-11(3-6-15(13)21-12-4-5-12)16(20)14(18)10-19-7-1-2-8-19;15-12-7-3-10(4-8-12)9-1-5-11(6-2-9)14(16,17)13(18)19;/h3-11,14,17,24,26,28,37H,1-2,12-13,15-16,18H2,(H,35,38);3,6,9,12,14,16,20H,1-2,4-5,7-8,10,18H2;1-8H,(H,18,19);1H4/t26-,28-;14-,16-;;/m11../s1. The maximum Gasteiger partial charge on any atom is 0.379 e. The number of carboxylic acid groups (broad SMARTS) is 1. The van der Waals surface area contributed by atoms with E-state index in [1.165, 1.54) is 85.6 Å². The van der Waals surface area contributed by atoms with Crippen molar-refractivity contribution in [1.29, 1.82) is 0 Å². The second-order valence-electron chi connectivity index (χ2n) is 20.3. The molecule has 11 nitrogen and oxygen atoms in total. The minimum absolute atomic E-state index is 0. The molecule has 0 bridgehead atoms. The summed E-state index contributed by atoms with van der Waals surface area (Å²) in [5.74, 6) is -11.0. The number of amides is 1. The zero-order valence-corrected chi connectivity index (χ0v) is 44.5. The van der Waals surface area contributed by atoms with Gasteiger partial charge in [0.15, 0.2) is 0 Å². The monoisotopic (exact) mass is 1150 g/mol. The Morgan fingerprint density at radius 3 is 1.31 bits per heavy atom. The Balaban J connectivity index is 0.000000190. The van der Waals surface area contributed by atoms with Gasteiger partial charge in [-0.15, -0.1) is 0 Å². The third-order valence-corrected chi connectivity index (χ3v) is 14.6. The predicted molar refractivity (Wildman–Crippen MR) is 297 cm³/mol. The fourth-order valence-corrected chi connectivity index (χ4v) is 9.64. The van der Waals surface area contributed by atoms with Crippen LogP contribution in [0.15, 0.2) is 133 Å². The lowest BCUT2D eigenvalue weighted by molar-refractivity contribution is -0.166. The highest BCUT2D eigenvalue weighted by molar-refractivity contribution is 6.32. The molecular weight excluding hydrogens is 1090 g/mol. The van der Waals surface area contributed by atoms with Crippen molar-refractivity contribution >= 4 is 35.1 Å². The van der Waals surface area contributed by atoms with E-state index in [9.17, 15) is 37.4 Å². The molecular formula is C61H66Cl2F6N4O7. The van der Waals surface area contributed by atoms with Crippen LogP contribution in [0.4, 0.5) is 26.3 Å². The topological polar surface area (TPSA) is 158 Å². The molecule has 1 amide bonds. The molecule has 2 saturated carbocycles. The van der Waals surface area contributed by atoms with E-state index in [4.69, 9.17) is 43.5 Å². The Morgan fingerprint density at radius 1 is 0.575 bits per heavy atom. The molecule has 4 aliphatic rings. The van der Waals surface area contributed by atoms with Crippen LogP contribution in [-0.2, 0) is 21.4 Å². The van der Waals surface area contributed by atoms with Crippen LogP contribution in [0.3, 0.4) is 0 Å². The van der Waals surface area contributed by atoms with Crippen LogP contribution in [0.1, 0.15) is 93.3 Å². The fraction of sp³-hybridized carbons (Fsp3) is 0.377. The van der Waals surface area contributed by atoms with Crippen molar-refractivity contribution in [2.24, 2.45) is 5.73 Å². The molecule has 6 aromatic rings. The first kappa shape index (κ1) is 61.4. The number of likely N-dealkylation sites (tertiary alicyclic amines) is 2. The van der Waals surface area contributed by atoms with Crippen molar-refractivity contribution in [2.75, 3.05) is 39.3 Å². The summed E-state index contributed by atoms with van der Waals surface area (Å²) in [5, 5.41) is 33.3. The van der Waals surface area contributed by atoms with E-state index < -0.39 is 64.7 Å². The molecule has 19 heteroatoms. The third kappa shape index (κ3) is 16.5. The number of ether oxygens (including phenoxy) is 2. The van der Waals surface area contributed by atoms with Crippen LogP contribution in [-0.4, -0.2) is 101 Å². The second kappa shape index (κ2) is 27.5. The SMILES string of the molecule is C.N[C@H](CN1CCCC1)[C@H](O)c1ccc(OC2CC2)c(Cl)c1.O=C(N[C@H](CN1CCCC1)[C@H](O)c1ccc(OC2CC2)c(Cl)c1)C(F)(F)c1ccc(-c2ccc(F)cc2)cc1.O=C(O)C(F)(F)c1ccc(-c2ccc(F)cc2)cc1. The van der Waals surface area contributed by atoms with E-state index in [0.29, 0.717) is 55.5 Å². The Labute approximate surface area is 472 Å². The zero-order chi connectivity index (χ0) is 56.4. The van der Waals surface area contributed by atoms with Crippen molar-refractivity contribution in [3.8, 4) is 33.8 Å². The summed E-state index contributed by atoms with van der Waals surface area (Å²) < 4.78 is 94.5. The molecule has 428 valence electrons. The lowest BCUT2D eigenvalue weighted by Gasteiger charge is -2.30. The number of alkyl halides is 4.